The van der Waals surface area contributed by atoms with Gasteiger partial charge in [0.05, 0.1) is 11.4 Å². The number of aryl methyl sites for hydroxylation is 2. The van der Waals surface area contributed by atoms with Crippen molar-refractivity contribution in [1.29, 1.82) is 0 Å². The van der Waals surface area contributed by atoms with Crippen LogP contribution in [0.1, 0.15) is 26.5 Å². The topological polar surface area (TPSA) is 52.7 Å². The molecule has 6 heteroatoms. The molecule has 3 rings (SSSR count). The second-order valence-corrected chi connectivity index (χ2v) is 6.79. The van der Waals surface area contributed by atoms with E-state index in [2.05, 4.69) is 16.3 Å². The molecule has 0 unspecified atom stereocenters. The number of amides is 2. The molecule has 1 aromatic heterocycles. The summed E-state index contributed by atoms with van der Waals surface area (Å²) < 4.78 is 0. The van der Waals surface area contributed by atoms with E-state index in [1.807, 2.05) is 4.90 Å². The predicted octanol–water partition coefficient (Wildman–Crippen LogP) is 0.741. The second-order valence-electron chi connectivity index (χ2n) is 5.65. The number of nitrogens with zero attached hydrogens (tertiary/aromatic N) is 2. The molecule has 5 nitrogen and oxygen atoms in total. The van der Waals surface area contributed by atoms with Crippen LogP contribution in [0.3, 0.4) is 0 Å². The van der Waals surface area contributed by atoms with Crippen LogP contribution in [0.25, 0.3) is 0 Å². The van der Waals surface area contributed by atoms with Crippen LogP contribution in [0.15, 0.2) is 6.07 Å². The third-order valence-electron chi connectivity index (χ3n) is 4.26. The number of nitrogens with one attached hydrogen (secondary N) is 1. The molecule has 1 N–H and O–H groups in total. The summed E-state index contributed by atoms with van der Waals surface area (Å²) in [6.07, 6.45) is 3.49. The lowest BCUT2D eigenvalue weighted by molar-refractivity contribution is -0.122. The van der Waals surface area contributed by atoms with E-state index in [9.17, 15) is 9.59 Å². The van der Waals surface area contributed by atoms with E-state index in [-0.39, 0.29) is 11.8 Å². The van der Waals surface area contributed by atoms with Gasteiger partial charge in [-0.3, -0.25) is 14.5 Å². The largest absolute Gasteiger partial charge is 0.358 e. The first-order valence-electron chi connectivity index (χ1n) is 7.51. The van der Waals surface area contributed by atoms with E-state index >= 15 is 0 Å². The van der Waals surface area contributed by atoms with E-state index in [4.69, 9.17) is 0 Å². The molecule has 114 valence electrons. The van der Waals surface area contributed by atoms with Gasteiger partial charge >= 0.3 is 0 Å². The fraction of sp³-hybridized carbons (Fsp3) is 0.600. The van der Waals surface area contributed by atoms with Crippen molar-refractivity contribution in [3.63, 3.8) is 0 Å². The van der Waals surface area contributed by atoms with Crippen molar-refractivity contribution >= 4 is 23.2 Å². The first-order valence-corrected chi connectivity index (χ1v) is 8.33. The average molecular weight is 307 g/mol. The quantitative estimate of drug-likeness (QED) is 0.896. The molecule has 2 aliphatic rings. The summed E-state index contributed by atoms with van der Waals surface area (Å²) in [6, 6.07) is 2.09. The van der Waals surface area contributed by atoms with Crippen molar-refractivity contribution < 1.29 is 9.59 Å². The molecule has 0 atom stereocenters. The van der Waals surface area contributed by atoms with E-state index < -0.39 is 0 Å². The Morgan fingerprint density at radius 1 is 1.24 bits per heavy atom. The molecule has 1 fully saturated rings. The van der Waals surface area contributed by atoms with Gasteiger partial charge in [-0.2, -0.15) is 0 Å². The number of piperazine rings is 1. The number of rotatable bonds is 3. The Morgan fingerprint density at radius 3 is 2.67 bits per heavy atom. The third kappa shape index (κ3) is 3.11. The van der Waals surface area contributed by atoms with Crippen molar-refractivity contribution in [2.45, 2.75) is 19.3 Å². The minimum absolute atomic E-state index is 0.0319. The SMILES string of the molecule is CNC(=O)CN1CCN(C(=O)c2cc3c(s2)CCC3)CC1. The fourth-order valence-electron chi connectivity index (χ4n) is 2.98. The van der Waals surface area contributed by atoms with Crippen LogP contribution in [-0.2, 0) is 17.6 Å². The number of hydrogen-bond acceptors (Lipinski definition) is 4. The highest BCUT2D eigenvalue weighted by atomic mass is 32.1. The molecule has 0 spiro atoms. The Hall–Kier alpha value is -1.40. The van der Waals surface area contributed by atoms with Crippen LogP contribution in [0.2, 0.25) is 0 Å². The highest BCUT2D eigenvalue weighted by Gasteiger charge is 2.25. The maximum absolute atomic E-state index is 12.5. The molecule has 0 bridgehead atoms. The number of carbonyl (C=O) groups excluding carboxylic acids is 2. The van der Waals surface area contributed by atoms with Crippen molar-refractivity contribution in [2.75, 3.05) is 39.8 Å². The zero-order chi connectivity index (χ0) is 14.8. The van der Waals surface area contributed by atoms with E-state index in [0.29, 0.717) is 19.6 Å². The monoisotopic (exact) mass is 307 g/mol. The Bertz CT molecular complexity index is 526. The maximum atomic E-state index is 12.5. The fourth-order valence-corrected chi connectivity index (χ4v) is 4.20. The average Bonchev–Trinajstić information content (AvgIpc) is 3.08. The zero-order valence-corrected chi connectivity index (χ0v) is 13.2. The Balaban J connectivity index is 1.56. The van der Waals surface area contributed by atoms with Gasteiger partial charge in [0.25, 0.3) is 5.91 Å². The summed E-state index contributed by atoms with van der Waals surface area (Å²) in [4.78, 5) is 30.2. The lowest BCUT2D eigenvalue weighted by Gasteiger charge is -2.34. The van der Waals surface area contributed by atoms with Crippen LogP contribution in [-0.4, -0.2) is 61.4 Å². The highest BCUT2D eigenvalue weighted by molar-refractivity contribution is 7.14. The maximum Gasteiger partial charge on any atom is 0.264 e. The summed E-state index contributed by atoms with van der Waals surface area (Å²) in [7, 11) is 1.65. The van der Waals surface area contributed by atoms with E-state index in [0.717, 1.165) is 30.8 Å². The van der Waals surface area contributed by atoms with Crippen LogP contribution in [0.5, 0.6) is 0 Å². The second kappa shape index (κ2) is 6.15. The zero-order valence-electron chi connectivity index (χ0n) is 12.4. The molecule has 1 saturated heterocycles. The molecule has 0 saturated carbocycles. The number of hydrogen-bond donors (Lipinski definition) is 1. The summed E-state index contributed by atoms with van der Waals surface area (Å²) in [5.41, 5.74) is 1.38. The molecule has 1 aromatic rings. The predicted molar refractivity (Wildman–Crippen MR) is 82.8 cm³/mol. The molecule has 0 radical (unpaired) electrons. The van der Waals surface area contributed by atoms with Crippen LogP contribution in [0, 0.1) is 0 Å². The molecular formula is C15H21N3O2S. The molecule has 1 aliphatic heterocycles. The summed E-state index contributed by atoms with van der Waals surface area (Å²) >= 11 is 1.67. The first-order chi connectivity index (χ1) is 10.2. The number of thiophene rings is 1. The van der Waals surface area contributed by atoms with Gasteiger partial charge in [0.1, 0.15) is 0 Å². The van der Waals surface area contributed by atoms with Crippen LogP contribution in [0.4, 0.5) is 0 Å². The van der Waals surface area contributed by atoms with Gasteiger partial charge in [0.2, 0.25) is 5.91 Å². The first kappa shape index (κ1) is 14.5. The van der Waals surface area contributed by atoms with E-state index in [1.165, 1.54) is 16.9 Å². The van der Waals surface area contributed by atoms with Crippen molar-refractivity contribution in [2.24, 2.45) is 0 Å². The Labute approximate surface area is 128 Å². The smallest absolute Gasteiger partial charge is 0.264 e. The summed E-state index contributed by atoms with van der Waals surface area (Å²) in [5, 5.41) is 2.63. The van der Waals surface area contributed by atoms with Crippen molar-refractivity contribution in [1.82, 2.24) is 15.1 Å². The normalized spacial score (nSPS) is 18.6. The van der Waals surface area contributed by atoms with Gasteiger partial charge in [-0.25, -0.2) is 0 Å². The lowest BCUT2D eigenvalue weighted by atomic mass is 10.2. The standard InChI is InChI=1S/C15H21N3O2S/c1-16-14(19)10-17-5-7-18(8-6-17)15(20)13-9-11-3-2-4-12(11)21-13/h9H,2-8,10H2,1H3,(H,16,19). The number of likely N-dealkylation sites (N-methyl/N-ethyl adjacent to an activating group) is 1. The number of carbonyl (C=O) groups is 2. The molecule has 1 aliphatic carbocycles. The van der Waals surface area contributed by atoms with Gasteiger partial charge in [-0.05, 0) is 30.9 Å². The molecular weight excluding hydrogens is 286 g/mol. The van der Waals surface area contributed by atoms with Crippen molar-refractivity contribution in [3.05, 3.63) is 21.4 Å². The van der Waals surface area contributed by atoms with Gasteiger partial charge in [-0.1, -0.05) is 0 Å². The molecule has 0 aromatic carbocycles. The third-order valence-corrected chi connectivity index (χ3v) is 5.49. The molecule has 21 heavy (non-hydrogen) atoms. The van der Waals surface area contributed by atoms with Gasteiger partial charge in [-0.15, -0.1) is 11.3 Å². The minimum Gasteiger partial charge on any atom is -0.358 e. The van der Waals surface area contributed by atoms with Crippen LogP contribution < -0.4 is 5.32 Å². The Kier molecular flexibility index (Phi) is 4.26. The molecule has 2 heterocycles. The highest BCUT2D eigenvalue weighted by Crippen LogP contribution is 2.31. The van der Waals surface area contributed by atoms with Crippen molar-refractivity contribution in [3.8, 4) is 0 Å². The summed E-state index contributed by atoms with van der Waals surface area (Å²) in [6.45, 7) is 3.37. The van der Waals surface area contributed by atoms with Gasteiger partial charge in [0.15, 0.2) is 0 Å². The Morgan fingerprint density at radius 2 is 2.00 bits per heavy atom. The number of fused-ring (bicyclic) bond motifs is 1. The van der Waals surface area contributed by atoms with Crippen LogP contribution >= 0.6 is 11.3 Å². The van der Waals surface area contributed by atoms with Gasteiger partial charge in [0, 0.05) is 38.1 Å². The lowest BCUT2D eigenvalue weighted by Crippen LogP contribution is -2.50. The molecule has 2 amide bonds. The van der Waals surface area contributed by atoms with E-state index in [1.54, 1.807) is 18.4 Å². The van der Waals surface area contributed by atoms with Gasteiger partial charge < -0.3 is 10.2 Å². The minimum atomic E-state index is 0.0319. The summed E-state index contributed by atoms with van der Waals surface area (Å²) in [5.74, 6) is 0.193.